The molecule has 1 aliphatic carbocycles. The van der Waals surface area contributed by atoms with Gasteiger partial charge < -0.3 is 19.5 Å². The Labute approximate surface area is 204 Å². The number of fused-ring (bicyclic) bond motifs is 1. The molecule has 0 spiro atoms. The van der Waals surface area contributed by atoms with Gasteiger partial charge in [0.2, 0.25) is 0 Å². The number of ether oxygens (including phenoxy) is 3. The first-order valence-corrected chi connectivity index (χ1v) is 12.4. The Morgan fingerprint density at radius 2 is 2.00 bits per heavy atom. The normalized spacial score (nSPS) is 12.9. The lowest BCUT2D eigenvalue weighted by Gasteiger charge is -2.12. The summed E-state index contributed by atoms with van der Waals surface area (Å²) in [6.45, 7) is 4.67. The van der Waals surface area contributed by atoms with Crippen LogP contribution in [0.5, 0.6) is 11.5 Å². The van der Waals surface area contributed by atoms with E-state index in [0.717, 1.165) is 49.0 Å². The molecule has 0 fully saturated rings. The van der Waals surface area contributed by atoms with Crippen LogP contribution in [0.15, 0.2) is 23.8 Å². The standard InChI is InChI=1S/C26H30N2O5S/c1-4-6-13-33-20-12-11-17(15-21(20)31-3)14-18(16-27)24(29)28-25-23(26(30)32-5-2)19-9-7-8-10-22(19)34-25/h11-12,14-15H,4-10,13H2,1-3H3,(H,28,29). The van der Waals surface area contributed by atoms with Crippen molar-refractivity contribution in [1.29, 1.82) is 5.26 Å². The van der Waals surface area contributed by atoms with Crippen LogP contribution < -0.4 is 14.8 Å². The lowest BCUT2D eigenvalue weighted by molar-refractivity contribution is -0.112. The zero-order chi connectivity index (χ0) is 24.5. The maximum Gasteiger partial charge on any atom is 0.341 e. The molecule has 0 atom stereocenters. The van der Waals surface area contributed by atoms with Gasteiger partial charge in [-0.25, -0.2) is 4.79 Å². The van der Waals surface area contributed by atoms with Crippen molar-refractivity contribution in [2.24, 2.45) is 0 Å². The van der Waals surface area contributed by atoms with E-state index in [9.17, 15) is 14.9 Å². The molecule has 0 radical (unpaired) electrons. The van der Waals surface area contributed by atoms with Crippen molar-refractivity contribution in [3.05, 3.63) is 45.3 Å². The highest BCUT2D eigenvalue weighted by molar-refractivity contribution is 7.17. The van der Waals surface area contributed by atoms with E-state index in [1.807, 2.05) is 6.07 Å². The van der Waals surface area contributed by atoms with Crippen molar-refractivity contribution in [2.75, 3.05) is 25.6 Å². The van der Waals surface area contributed by atoms with Gasteiger partial charge in [-0.2, -0.15) is 5.26 Å². The van der Waals surface area contributed by atoms with Crippen LogP contribution in [0, 0.1) is 11.3 Å². The molecule has 1 N–H and O–H groups in total. The average Bonchev–Trinajstić information content (AvgIpc) is 3.21. The molecule has 0 saturated carbocycles. The van der Waals surface area contributed by atoms with Gasteiger partial charge >= 0.3 is 5.97 Å². The number of anilines is 1. The Morgan fingerprint density at radius 1 is 1.21 bits per heavy atom. The molecule has 34 heavy (non-hydrogen) atoms. The predicted octanol–water partition coefficient (Wildman–Crippen LogP) is 5.54. The number of nitrogens with zero attached hydrogens (tertiary/aromatic N) is 1. The highest BCUT2D eigenvalue weighted by Gasteiger charge is 2.27. The number of esters is 1. The number of hydrogen-bond acceptors (Lipinski definition) is 7. The second-order valence-corrected chi connectivity index (χ2v) is 8.98. The Kier molecular flexibility index (Phi) is 9.11. The monoisotopic (exact) mass is 482 g/mol. The summed E-state index contributed by atoms with van der Waals surface area (Å²) in [6, 6.07) is 7.22. The molecule has 3 rings (SSSR count). The van der Waals surface area contributed by atoms with Crippen molar-refractivity contribution in [2.45, 2.75) is 52.4 Å². The van der Waals surface area contributed by atoms with Crippen molar-refractivity contribution in [1.82, 2.24) is 0 Å². The molecule has 0 aliphatic heterocycles. The van der Waals surface area contributed by atoms with Gasteiger partial charge in [0.1, 0.15) is 16.6 Å². The Bertz CT molecular complexity index is 1110. The van der Waals surface area contributed by atoms with E-state index in [2.05, 4.69) is 12.2 Å². The summed E-state index contributed by atoms with van der Waals surface area (Å²) in [4.78, 5) is 26.7. The smallest absolute Gasteiger partial charge is 0.341 e. The molecule has 180 valence electrons. The summed E-state index contributed by atoms with van der Waals surface area (Å²) in [5.74, 6) is 0.120. The number of amides is 1. The summed E-state index contributed by atoms with van der Waals surface area (Å²) in [7, 11) is 1.54. The molecule has 0 unspecified atom stereocenters. The van der Waals surface area contributed by atoms with Gasteiger partial charge in [-0.3, -0.25) is 4.79 Å². The summed E-state index contributed by atoms with van der Waals surface area (Å²) in [6.07, 6.45) is 7.14. The van der Waals surface area contributed by atoms with Crippen LogP contribution in [0.4, 0.5) is 5.00 Å². The van der Waals surface area contributed by atoms with E-state index >= 15 is 0 Å². The fourth-order valence-corrected chi connectivity index (χ4v) is 5.05. The SMILES string of the molecule is CCCCOc1ccc(C=C(C#N)C(=O)Nc2sc3c(c2C(=O)OCC)CCCC3)cc1OC. The van der Waals surface area contributed by atoms with Crippen LogP contribution in [0.2, 0.25) is 0 Å². The molecule has 1 heterocycles. The molecule has 8 heteroatoms. The van der Waals surface area contributed by atoms with E-state index in [0.29, 0.717) is 34.2 Å². The second-order valence-electron chi connectivity index (χ2n) is 7.87. The number of unbranched alkanes of at least 4 members (excludes halogenated alkanes) is 1. The van der Waals surface area contributed by atoms with Crippen molar-refractivity contribution in [3.8, 4) is 17.6 Å². The summed E-state index contributed by atoms with van der Waals surface area (Å²) in [5.41, 5.74) is 1.92. The van der Waals surface area contributed by atoms with Crippen molar-refractivity contribution >= 4 is 34.3 Å². The van der Waals surface area contributed by atoms with Crippen LogP contribution in [0.3, 0.4) is 0 Å². The Balaban J connectivity index is 1.85. The lowest BCUT2D eigenvalue weighted by Crippen LogP contribution is -2.16. The highest BCUT2D eigenvalue weighted by atomic mass is 32.1. The number of nitrogens with one attached hydrogen (secondary N) is 1. The van der Waals surface area contributed by atoms with E-state index in [4.69, 9.17) is 14.2 Å². The minimum Gasteiger partial charge on any atom is -0.493 e. The minimum absolute atomic E-state index is 0.0807. The second kappa shape index (κ2) is 12.2. The number of carbonyl (C=O) groups excluding carboxylic acids is 2. The van der Waals surface area contributed by atoms with Crippen molar-refractivity contribution in [3.63, 3.8) is 0 Å². The number of methoxy groups -OCH3 is 1. The zero-order valence-electron chi connectivity index (χ0n) is 19.9. The fourth-order valence-electron chi connectivity index (χ4n) is 3.78. The molecule has 2 aromatic rings. The molecule has 0 bridgehead atoms. The zero-order valence-corrected chi connectivity index (χ0v) is 20.7. The van der Waals surface area contributed by atoms with Crippen LogP contribution in [0.1, 0.15) is 65.9 Å². The number of carbonyl (C=O) groups is 2. The predicted molar refractivity (Wildman–Crippen MR) is 133 cm³/mol. The molecule has 1 aromatic heterocycles. The third kappa shape index (κ3) is 5.97. The van der Waals surface area contributed by atoms with Crippen LogP contribution >= 0.6 is 11.3 Å². The fraction of sp³-hybridized carbons (Fsp3) is 0.423. The molecule has 1 aliphatic rings. The molecule has 7 nitrogen and oxygen atoms in total. The maximum atomic E-state index is 13.0. The number of nitriles is 1. The van der Waals surface area contributed by atoms with E-state index in [-0.39, 0.29) is 12.2 Å². The minimum atomic E-state index is -0.575. The topological polar surface area (TPSA) is 97.7 Å². The van der Waals surface area contributed by atoms with Gasteiger partial charge in [-0.1, -0.05) is 19.4 Å². The first kappa shape index (κ1) is 25.3. The highest BCUT2D eigenvalue weighted by Crippen LogP contribution is 2.39. The molecule has 0 saturated heterocycles. The van der Waals surface area contributed by atoms with Gasteiger partial charge in [0, 0.05) is 4.88 Å². The molecule has 1 amide bonds. The molecule has 1 aromatic carbocycles. The Hall–Kier alpha value is -3.31. The van der Waals surface area contributed by atoms with Crippen LogP contribution in [-0.2, 0) is 22.4 Å². The van der Waals surface area contributed by atoms with Gasteiger partial charge in [-0.15, -0.1) is 11.3 Å². The third-order valence-corrected chi connectivity index (χ3v) is 6.70. The molecular weight excluding hydrogens is 452 g/mol. The van der Waals surface area contributed by atoms with Crippen molar-refractivity contribution < 1.29 is 23.8 Å². The van der Waals surface area contributed by atoms with Gasteiger partial charge in [0.25, 0.3) is 5.91 Å². The summed E-state index contributed by atoms with van der Waals surface area (Å²) in [5, 5.41) is 12.9. The lowest BCUT2D eigenvalue weighted by atomic mass is 9.95. The van der Waals surface area contributed by atoms with E-state index < -0.39 is 11.9 Å². The largest absolute Gasteiger partial charge is 0.493 e. The van der Waals surface area contributed by atoms with Gasteiger partial charge in [0.05, 0.1) is 25.9 Å². The van der Waals surface area contributed by atoms with E-state index in [1.54, 1.807) is 32.2 Å². The molecular formula is C26H30N2O5S. The van der Waals surface area contributed by atoms with Crippen LogP contribution in [0.25, 0.3) is 6.08 Å². The first-order chi connectivity index (χ1) is 16.5. The quantitative estimate of drug-likeness (QED) is 0.207. The maximum absolute atomic E-state index is 13.0. The first-order valence-electron chi connectivity index (χ1n) is 11.6. The summed E-state index contributed by atoms with van der Waals surface area (Å²) >= 11 is 1.39. The number of benzene rings is 1. The summed E-state index contributed by atoms with van der Waals surface area (Å²) < 4.78 is 16.4. The average molecular weight is 483 g/mol. The van der Waals surface area contributed by atoms with E-state index in [1.165, 1.54) is 17.4 Å². The number of thiophene rings is 1. The number of aryl methyl sites for hydroxylation is 1. The third-order valence-electron chi connectivity index (χ3n) is 5.50. The van der Waals surface area contributed by atoms with Gasteiger partial charge in [0.15, 0.2) is 11.5 Å². The Morgan fingerprint density at radius 3 is 2.71 bits per heavy atom. The number of rotatable bonds is 10. The number of hydrogen-bond donors (Lipinski definition) is 1. The van der Waals surface area contributed by atoms with Crippen LogP contribution in [-0.4, -0.2) is 32.2 Å². The van der Waals surface area contributed by atoms with Gasteiger partial charge in [-0.05, 0) is 68.4 Å².